The topological polar surface area (TPSA) is 37.0 Å². The van der Waals surface area contributed by atoms with E-state index in [1.165, 1.54) is 24.1 Å². The Balaban J connectivity index is 1.87. The van der Waals surface area contributed by atoms with E-state index in [4.69, 9.17) is 0 Å². The molecule has 1 aromatic rings. The average molecular weight is 291 g/mol. The quantitative estimate of drug-likeness (QED) is 0.821. The van der Waals surface area contributed by atoms with E-state index in [0.29, 0.717) is 11.5 Å². The highest BCUT2D eigenvalue weighted by molar-refractivity contribution is 7.98. The molecule has 0 saturated carbocycles. The van der Waals surface area contributed by atoms with Gasteiger partial charge in [0.2, 0.25) is 0 Å². The van der Waals surface area contributed by atoms with Gasteiger partial charge in [0.05, 0.1) is 6.04 Å². The van der Waals surface area contributed by atoms with Crippen LogP contribution in [-0.4, -0.2) is 22.8 Å². The Kier molecular flexibility index (Phi) is 3.82. The van der Waals surface area contributed by atoms with E-state index < -0.39 is 0 Å². The maximum Gasteiger partial charge on any atom is 0.0500 e. The third kappa shape index (κ3) is 2.74. The predicted molar refractivity (Wildman–Crippen MR) is 85.7 cm³/mol. The summed E-state index contributed by atoms with van der Waals surface area (Å²) >= 11 is 1.86. The molecule has 20 heavy (non-hydrogen) atoms. The van der Waals surface area contributed by atoms with E-state index in [9.17, 15) is 0 Å². The molecular formula is C16H25N3S. The zero-order valence-corrected chi connectivity index (χ0v) is 13.5. The zero-order valence-electron chi connectivity index (χ0n) is 12.7. The van der Waals surface area contributed by atoms with Gasteiger partial charge >= 0.3 is 0 Å². The molecule has 0 radical (unpaired) electrons. The van der Waals surface area contributed by atoms with E-state index >= 15 is 0 Å². The van der Waals surface area contributed by atoms with Gasteiger partial charge in [-0.3, -0.25) is 9.71 Å². The first-order chi connectivity index (χ1) is 9.50. The Labute approximate surface area is 126 Å². The molecule has 1 aromatic heterocycles. The van der Waals surface area contributed by atoms with Crippen LogP contribution in [0.1, 0.15) is 50.9 Å². The van der Waals surface area contributed by atoms with Crippen molar-refractivity contribution in [3.8, 4) is 0 Å². The Morgan fingerprint density at radius 1 is 1.35 bits per heavy atom. The van der Waals surface area contributed by atoms with Gasteiger partial charge in [0, 0.05) is 16.6 Å². The lowest BCUT2D eigenvalue weighted by atomic mass is 9.74. The summed E-state index contributed by atoms with van der Waals surface area (Å²) in [5.74, 6) is 0. The number of aromatic nitrogens is 1. The molecule has 0 unspecified atom stereocenters. The SMILES string of the molecule is CC(C)(C)SN[C@@H]1c2cccnc2CC12CCNCC2. The largest absolute Gasteiger partial charge is 0.317 e. The minimum Gasteiger partial charge on any atom is -0.317 e. The van der Waals surface area contributed by atoms with Crippen molar-refractivity contribution in [2.45, 2.75) is 50.8 Å². The lowest BCUT2D eigenvalue weighted by Crippen LogP contribution is -2.43. The fourth-order valence-electron chi connectivity index (χ4n) is 3.44. The third-order valence-electron chi connectivity index (χ3n) is 4.45. The second kappa shape index (κ2) is 5.32. The molecule has 1 spiro atoms. The second-order valence-corrected chi connectivity index (χ2v) is 8.76. The van der Waals surface area contributed by atoms with Crippen LogP contribution >= 0.6 is 11.9 Å². The lowest BCUT2D eigenvalue weighted by Gasteiger charge is -2.40. The van der Waals surface area contributed by atoms with Crippen LogP contribution in [0.15, 0.2) is 18.3 Å². The van der Waals surface area contributed by atoms with Gasteiger partial charge in [-0.15, -0.1) is 0 Å². The van der Waals surface area contributed by atoms with Crippen LogP contribution in [0, 0.1) is 5.41 Å². The maximum absolute atomic E-state index is 4.63. The fraction of sp³-hybridized carbons (Fsp3) is 0.688. The highest BCUT2D eigenvalue weighted by atomic mass is 32.2. The number of fused-ring (bicyclic) bond motifs is 1. The highest BCUT2D eigenvalue weighted by Gasteiger charge is 2.47. The van der Waals surface area contributed by atoms with E-state index in [1.54, 1.807) is 0 Å². The molecule has 2 N–H and O–H groups in total. The van der Waals surface area contributed by atoms with Gasteiger partial charge in [-0.2, -0.15) is 0 Å². The molecule has 1 saturated heterocycles. The van der Waals surface area contributed by atoms with Crippen molar-refractivity contribution in [2.75, 3.05) is 13.1 Å². The number of hydrogen-bond acceptors (Lipinski definition) is 4. The first-order valence-corrected chi connectivity index (χ1v) is 8.40. The number of piperidine rings is 1. The molecule has 4 heteroatoms. The first-order valence-electron chi connectivity index (χ1n) is 7.58. The highest BCUT2D eigenvalue weighted by Crippen LogP contribution is 2.51. The normalized spacial score (nSPS) is 24.9. The third-order valence-corrected chi connectivity index (χ3v) is 5.42. The molecule has 0 aromatic carbocycles. The summed E-state index contributed by atoms with van der Waals surface area (Å²) < 4.78 is 4.02. The molecule has 3 rings (SSSR count). The average Bonchev–Trinajstić information content (AvgIpc) is 2.69. The summed E-state index contributed by atoms with van der Waals surface area (Å²) in [5, 5.41) is 3.50. The monoisotopic (exact) mass is 291 g/mol. The van der Waals surface area contributed by atoms with Crippen LogP contribution in [0.2, 0.25) is 0 Å². The summed E-state index contributed by atoms with van der Waals surface area (Å²) in [5.41, 5.74) is 3.09. The molecule has 1 atom stereocenters. The van der Waals surface area contributed by atoms with Gasteiger partial charge in [0.25, 0.3) is 0 Å². The van der Waals surface area contributed by atoms with Crippen molar-refractivity contribution >= 4 is 11.9 Å². The molecule has 110 valence electrons. The number of nitrogens with zero attached hydrogens (tertiary/aromatic N) is 1. The molecule has 0 bridgehead atoms. The summed E-state index contributed by atoms with van der Waals surface area (Å²) in [6, 6.07) is 4.78. The molecule has 0 amide bonds. The van der Waals surface area contributed by atoms with E-state index in [-0.39, 0.29) is 4.75 Å². The fourth-order valence-corrected chi connectivity index (χ4v) is 4.29. The van der Waals surface area contributed by atoms with Crippen LogP contribution in [0.5, 0.6) is 0 Å². The minimum absolute atomic E-state index is 0.235. The minimum atomic E-state index is 0.235. The van der Waals surface area contributed by atoms with Crippen LogP contribution in [0.3, 0.4) is 0 Å². The standard InChI is InChI=1S/C16H25N3S/c1-15(2,3)20-19-14-12-5-4-8-18-13(12)11-16(14)6-9-17-10-7-16/h4-5,8,14,17,19H,6-7,9-11H2,1-3H3/t14-/m1/s1. The summed E-state index contributed by atoms with van der Waals surface area (Å²) in [6.07, 6.45) is 5.55. The van der Waals surface area contributed by atoms with Gasteiger partial charge in [0.15, 0.2) is 0 Å². The van der Waals surface area contributed by atoms with Gasteiger partial charge < -0.3 is 5.32 Å². The van der Waals surface area contributed by atoms with Crippen LogP contribution < -0.4 is 10.0 Å². The maximum atomic E-state index is 4.63. The number of nitrogens with one attached hydrogen (secondary N) is 2. The number of rotatable bonds is 2. The Morgan fingerprint density at radius 2 is 2.10 bits per heavy atom. The molecule has 1 aliphatic carbocycles. The summed E-state index contributed by atoms with van der Waals surface area (Å²) in [7, 11) is 0. The smallest absolute Gasteiger partial charge is 0.0500 e. The van der Waals surface area contributed by atoms with Crippen molar-refractivity contribution in [1.82, 2.24) is 15.0 Å². The summed E-state index contributed by atoms with van der Waals surface area (Å²) in [4.78, 5) is 4.63. The zero-order chi connectivity index (χ0) is 14.2. The molecule has 1 fully saturated rings. The van der Waals surface area contributed by atoms with E-state index in [2.05, 4.69) is 47.9 Å². The van der Waals surface area contributed by atoms with Crippen LogP contribution in [-0.2, 0) is 6.42 Å². The van der Waals surface area contributed by atoms with Crippen molar-refractivity contribution < 1.29 is 0 Å². The Hall–Kier alpha value is -0.580. The molecule has 3 nitrogen and oxygen atoms in total. The Morgan fingerprint density at radius 3 is 2.80 bits per heavy atom. The lowest BCUT2D eigenvalue weighted by molar-refractivity contribution is 0.165. The first kappa shape index (κ1) is 14.4. The van der Waals surface area contributed by atoms with Crippen LogP contribution in [0.25, 0.3) is 0 Å². The molecule has 1 aliphatic heterocycles. The van der Waals surface area contributed by atoms with Crippen molar-refractivity contribution in [2.24, 2.45) is 5.41 Å². The summed E-state index contributed by atoms with van der Waals surface area (Å²) in [6.45, 7) is 9.05. The van der Waals surface area contributed by atoms with Crippen molar-refractivity contribution in [3.63, 3.8) is 0 Å². The van der Waals surface area contributed by atoms with Crippen molar-refractivity contribution in [3.05, 3.63) is 29.6 Å². The Bertz CT molecular complexity index is 475. The van der Waals surface area contributed by atoms with Gasteiger partial charge in [-0.25, -0.2) is 0 Å². The van der Waals surface area contributed by atoms with E-state index in [1.807, 2.05) is 18.1 Å². The van der Waals surface area contributed by atoms with E-state index in [0.717, 1.165) is 19.5 Å². The molecular weight excluding hydrogens is 266 g/mol. The van der Waals surface area contributed by atoms with Gasteiger partial charge in [-0.05, 0) is 70.2 Å². The van der Waals surface area contributed by atoms with Crippen molar-refractivity contribution in [1.29, 1.82) is 0 Å². The molecule has 2 aliphatic rings. The predicted octanol–water partition coefficient (Wildman–Crippen LogP) is 3.08. The van der Waals surface area contributed by atoms with Crippen LogP contribution in [0.4, 0.5) is 0 Å². The number of hydrogen-bond donors (Lipinski definition) is 2. The second-order valence-electron chi connectivity index (χ2n) is 7.09. The molecule has 2 heterocycles. The van der Waals surface area contributed by atoms with Gasteiger partial charge in [0.1, 0.15) is 0 Å². The van der Waals surface area contributed by atoms with Gasteiger partial charge in [-0.1, -0.05) is 18.0 Å². The number of pyridine rings is 1.